The van der Waals surface area contributed by atoms with Gasteiger partial charge in [0.15, 0.2) is 0 Å². The van der Waals surface area contributed by atoms with Crippen molar-refractivity contribution in [1.82, 2.24) is 13.9 Å². The van der Waals surface area contributed by atoms with Crippen molar-refractivity contribution in [2.75, 3.05) is 33.7 Å². The van der Waals surface area contributed by atoms with Crippen LogP contribution in [0.25, 0.3) is 0 Å². The minimum Gasteiger partial charge on any atom is -0.387 e. The minimum atomic E-state index is -3.34. The van der Waals surface area contributed by atoms with E-state index in [1.165, 1.54) is 18.4 Å². The van der Waals surface area contributed by atoms with Crippen molar-refractivity contribution in [3.8, 4) is 0 Å². The fraction of sp³-hybridized carbons (Fsp3) is 0.889. The summed E-state index contributed by atoms with van der Waals surface area (Å²) in [6.07, 6.45) is 1.50. The first-order valence-electron chi connectivity index (χ1n) is 5.56. The van der Waals surface area contributed by atoms with Crippen LogP contribution in [0.15, 0.2) is 0 Å². The third-order valence-corrected chi connectivity index (χ3v) is 4.37. The molecule has 0 bridgehead atoms. The second kappa shape index (κ2) is 5.76. The summed E-state index contributed by atoms with van der Waals surface area (Å²) in [6, 6.07) is -0.0226. The average Bonchev–Trinajstić information content (AvgIpc) is 2.19. The minimum absolute atomic E-state index is 0.0226. The van der Waals surface area contributed by atoms with Gasteiger partial charge < -0.3 is 5.73 Å². The highest BCUT2D eigenvalue weighted by Gasteiger charge is 2.24. The first-order valence-corrected chi connectivity index (χ1v) is 7.00. The molecule has 0 saturated carbocycles. The molecule has 0 radical (unpaired) electrons. The molecule has 0 amide bonds. The van der Waals surface area contributed by atoms with Gasteiger partial charge in [0.25, 0.3) is 10.2 Å². The maximum atomic E-state index is 11.6. The number of likely N-dealkylation sites (tertiary alicyclic amines) is 1. The summed E-state index contributed by atoms with van der Waals surface area (Å²) < 4.78 is 27.0. The Balaban J connectivity index is 2.40. The van der Waals surface area contributed by atoms with Gasteiger partial charge in [-0.1, -0.05) is 0 Å². The van der Waals surface area contributed by atoms with Gasteiger partial charge in [-0.15, -0.1) is 0 Å². The quantitative estimate of drug-likeness (QED) is 0.427. The van der Waals surface area contributed by atoms with Crippen LogP contribution < -0.4 is 10.5 Å². The third-order valence-electron chi connectivity index (χ3n) is 2.78. The lowest BCUT2D eigenvalue weighted by Gasteiger charge is -2.32. The highest BCUT2D eigenvalue weighted by atomic mass is 32.2. The van der Waals surface area contributed by atoms with Crippen molar-refractivity contribution >= 4 is 16.0 Å². The zero-order chi connectivity index (χ0) is 13.1. The molecule has 17 heavy (non-hydrogen) atoms. The molecule has 0 atom stereocenters. The smallest absolute Gasteiger partial charge is 0.279 e. The Morgan fingerprint density at radius 1 is 1.47 bits per heavy atom. The van der Waals surface area contributed by atoms with Crippen molar-refractivity contribution in [3.05, 3.63) is 0 Å². The van der Waals surface area contributed by atoms with Gasteiger partial charge in [-0.25, -0.2) is 0 Å². The van der Waals surface area contributed by atoms with Crippen molar-refractivity contribution < 1.29 is 8.42 Å². The van der Waals surface area contributed by atoms with E-state index in [0.29, 0.717) is 6.54 Å². The Hall–Kier alpha value is -0.700. The van der Waals surface area contributed by atoms with Crippen LogP contribution in [0.1, 0.15) is 12.8 Å². The number of nitrogens with zero attached hydrogens (tertiary/aromatic N) is 2. The largest absolute Gasteiger partial charge is 0.387 e. The Kier molecular flexibility index (Phi) is 4.87. The van der Waals surface area contributed by atoms with E-state index in [0.717, 1.165) is 25.9 Å². The predicted molar refractivity (Wildman–Crippen MR) is 67.1 cm³/mol. The Bertz CT molecular complexity index is 360. The number of nitrogens with two attached hydrogens (primary N) is 1. The monoisotopic (exact) mass is 263 g/mol. The van der Waals surface area contributed by atoms with Crippen LogP contribution in [-0.4, -0.2) is 63.2 Å². The molecular weight excluding hydrogens is 242 g/mol. The predicted octanol–water partition coefficient (Wildman–Crippen LogP) is -1.22. The Morgan fingerprint density at radius 3 is 2.41 bits per heavy atom. The lowest BCUT2D eigenvalue weighted by molar-refractivity contribution is 0.230. The van der Waals surface area contributed by atoms with Crippen LogP contribution in [-0.2, 0) is 10.2 Å². The van der Waals surface area contributed by atoms with Crippen molar-refractivity contribution in [3.63, 3.8) is 0 Å². The van der Waals surface area contributed by atoms with E-state index in [-0.39, 0.29) is 11.9 Å². The first kappa shape index (κ1) is 14.4. The fourth-order valence-corrected chi connectivity index (χ4v) is 2.63. The Morgan fingerprint density at radius 2 is 2.00 bits per heavy atom. The summed E-state index contributed by atoms with van der Waals surface area (Å²) in [5.74, 6) is 0.150. The summed E-state index contributed by atoms with van der Waals surface area (Å²) in [7, 11) is -0.326. The van der Waals surface area contributed by atoms with Crippen LogP contribution in [0.4, 0.5) is 0 Å². The topological polar surface area (TPSA) is 103 Å². The molecule has 7 nitrogen and oxygen atoms in total. The number of piperidine rings is 1. The van der Waals surface area contributed by atoms with Crippen LogP contribution >= 0.6 is 0 Å². The molecule has 8 heteroatoms. The molecule has 1 fully saturated rings. The molecule has 1 rings (SSSR count). The third kappa shape index (κ3) is 4.58. The lowest BCUT2D eigenvalue weighted by Crippen LogP contribution is -2.49. The molecule has 1 aliphatic heterocycles. The van der Waals surface area contributed by atoms with Gasteiger partial charge in [-0.2, -0.15) is 17.4 Å². The molecule has 1 heterocycles. The molecule has 0 aliphatic carbocycles. The summed E-state index contributed by atoms with van der Waals surface area (Å²) in [4.78, 5) is 2.06. The number of hydrogen-bond acceptors (Lipinski definition) is 4. The SMILES string of the molecule is CN(C)S(=O)(=O)NC1CCN(CC(=N)N)CC1. The van der Waals surface area contributed by atoms with Gasteiger partial charge >= 0.3 is 0 Å². The van der Waals surface area contributed by atoms with Gasteiger partial charge in [0, 0.05) is 33.2 Å². The van der Waals surface area contributed by atoms with Gasteiger partial charge in [-0.05, 0) is 12.8 Å². The number of amidine groups is 1. The number of hydrogen-bond donors (Lipinski definition) is 3. The average molecular weight is 263 g/mol. The number of nitrogens with one attached hydrogen (secondary N) is 2. The first-order chi connectivity index (χ1) is 7.81. The lowest BCUT2D eigenvalue weighted by atomic mass is 10.1. The van der Waals surface area contributed by atoms with Crippen LogP contribution in [0.2, 0.25) is 0 Å². The molecule has 0 aromatic rings. The maximum absolute atomic E-state index is 11.6. The zero-order valence-corrected chi connectivity index (χ0v) is 11.1. The Labute approximate surface area is 103 Å². The summed E-state index contributed by atoms with van der Waals surface area (Å²) in [5, 5.41) is 7.20. The summed E-state index contributed by atoms with van der Waals surface area (Å²) >= 11 is 0. The molecule has 0 unspecified atom stereocenters. The van der Waals surface area contributed by atoms with E-state index in [1.807, 2.05) is 0 Å². The molecule has 100 valence electrons. The molecule has 1 aliphatic rings. The number of rotatable bonds is 5. The van der Waals surface area contributed by atoms with Gasteiger partial charge in [0.2, 0.25) is 0 Å². The van der Waals surface area contributed by atoms with Crippen molar-refractivity contribution in [1.29, 1.82) is 5.41 Å². The highest BCUT2D eigenvalue weighted by molar-refractivity contribution is 7.87. The molecular formula is C9H21N5O2S. The zero-order valence-electron chi connectivity index (χ0n) is 10.3. The van der Waals surface area contributed by atoms with E-state index in [4.69, 9.17) is 11.1 Å². The van der Waals surface area contributed by atoms with Gasteiger partial charge in [0.05, 0.1) is 6.54 Å². The van der Waals surface area contributed by atoms with E-state index < -0.39 is 10.2 Å². The summed E-state index contributed by atoms with van der Waals surface area (Å²) in [6.45, 7) is 1.99. The molecule has 1 saturated heterocycles. The van der Waals surface area contributed by atoms with Crippen LogP contribution in [0, 0.1) is 5.41 Å². The molecule has 4 N–H and O–H groups in total. The second-order valence-electron chi connectivity index (χ2n) is 4.48. The normalized spacial score (nSPS) is 19.7. The molecule has 0 spiro atoms. The molecule has 0 aromatic heterocycles. The maximum Gasteiger partial charge on any atom is 0.279 e. The van der Waals surface area contributed by atoms with E-state index in [2.05, 4.69) is 9.62 Å². The van der Waals surface area contributed by atoms with Gasteiger partial charge in [-0.3, -0.25) is 10.3 Å². The van der Waals surface area contributed by atoms with Crippen molar-refractivity contribution in [2.45, 2.75) is 18.9 Å². The second-order valence-corrected chi connectivity index (χ2v) is 6.40. The van der Waals surface area contributed by atoms with E-state index in [1.54, 1.807) is 0 Å². The summed E-state index contributed by atoms with van der Waals surface area (Å²) in [5.41, 5.74) is 5.32. The highest BCUT2D eigenvalue weighted by Crippen LogP contribution is 2.11. The van der Waals surface area contributed by atoms with Crippen LogP contribution in [0.5, 0.6) is 0 Å². The van der Waals surface area contributed by atoms with E-state index in [9.17, 15) is 8.42 Å². The fourth-order valence-electron chi connectivity index (χ4n) is 1.77. The van der Waals surface area contributed by atoms with Crippen LogP contribution in [0.3, 0.4) is 0 Å². The van der Waals surface area contributed by atoms with E-state index >= 15 is 0 Å². The van der Waals surface area contributed by atoms with Crippen molar-refractivity contribution in [2.24, 2.45) is 5.73 Å². The molecule has 0 aromatic carbocycles. The van der Waals surface area contributed by atoms with Gasteiger partial charge in [0.1, 0.15) is 5.84 Å². The standard InChI is InChI=1S/C9H21N5O2S/c1-13(2)17(15,16)12-8-3-5-14(6-4-8)7-9(10)11/h8,12H,3-7H2,1-2H3,(H3,10,11).